The smallest absolute Gasteiger partial charge is 0.0280 e. The zero-order valence-corrected chi connectivity index (χ0v) is 13.4. The lowest BCUT2D eigenvalue weighted by Crippen LogP contribution is -2.35. The number of hydrogen-bond acceptors (Lipinski definition) is 0. The molecule has 0 unspecified atom stereocenters. The van der Waals surface area contributed by atoms with Gasteiger partial charge in [-0.25, -0.2) is 0 Å². The molecule has 2 rings (SSSR count). The summed E-state index contributed by atoms with van der Waals surface area (Å²) in [5.74, 6) is 2.81. The van der Waals surface area contributed by atoms with Crippen LogP contribution in [0.4, 0.5) is 0 Å². The first-order valence-electron chi connectivity index (χ1n) is 8.01. The lowest BCUT2D eigenvalue weighted by molar-refractivity contribution is 0.0834. The third-order valence-electron chi connectivity index (χ3n) is 5.75. The second kappa shape index (κ2) is 5.73. The van der Waals surface area contributed by atoms with Crippen molar-refractivity contribution in [1.82, 2.24) is 0 Å². The van der Waals surface area contributed by atoms with Gasteiger partial charge in [0, 0.05) is 5.88 Å². The van der Waals surface area contributed by atoms with Crippen LogP contribution in [0, 0.1) is 22.7 Å². The van der Waals surface area contributed by atoms with Crippen LogP contribution in [-0.2, 0) is 0 Å². The molecule has 0 radical (unpaired) electrons. The molecule has 0 aliphatic heterocycles. The fourth-order valence-electron chi connectivity index (χ4n) is 4.32. The Morgan fingerprint density at radius 1 is 1.00 bits per heavy atom. The van der Waals surface area contributed by atoms with E-state index in [1.165, 1.54) is 57.8 Å². The van der Waals surface area contributed by atoms with Crippen molar-refractivity contribution in [3.8, 4) is 0 Å². The van der Waals surface area contributed by atoms with E-state index in [4.69, 9.17) is 11.6 Å². The minimum atomic E-state index is 0.492. The van der Waals surface area contributed by atoms with Crippen LogP contribution in [0.15, 0.2) is 0 Å². The molecule has 106 valence electrons. The van der Waals surface area contributed by atoms with Crippen molar-refractivity contribution < 1.29 is 0 Å². The zero-order chi connectivity index (χ0) is 13.2. The molecule has 2 fully saturated rings. The molecule has 0 nitrogen and oxygen atoms in total. The Bertz CT molecular complexity index is 249. The summed E-state index contributed by atoms with van der Waals surface area (Å²) in [5, 5.41) is 0. The van der Waals surface area contributed by atoms with Crippen molar-refractivity contribution in [2.24, 2.45) is 22.7 Å². The summed E-state index contributed by atoms with van der Waals surface area (Å²) in [4.78, 5) is 0. The van der Waals surface area contributed by atoms with E-state index in [1.54, 1.807) is 0 Å². The summed E-state index contributed by atoms with van der Waals surface area (Å²) < 4.78 is 0. The summed E-state index contributed by atoms with van der Waals surface area (Å²) in [5.41, 5.74) is 0.990. The van der Waals surface area contributed by atoms with Gasteiger partial charge in [-0.1, -0.05) is 46.5 Å². The van der Waals surface area contributed by atoms with Crippen molar-refractivity contribution in [3.63, 3.8) is 0 Å². The number of rotatable bonds is 3. The molecule has 0 saturated heterocycles. The zero-order valence-electron chi connectivity index (χ0n) is 12.6. The maximum absolute atomic E-state index is 6.38. The van der Waals surface area contributed by atoms with Gasteiger partial charge in [0.15, 0.2) is 0 Å². The van der Waals surface area contributed by atoms with Crippen molar-refractivity contribution in [3.05, 3.63) is 0 Å². The largest absolute Gasteiger partial charge is 0.126 e. The fourth-order valence-corrected chi connectivity index (χ4v) is 4.69. The highest BCUT2D eigenvalue weighted by atomic mass is 35.5. The van der Waals surface area contributed by atoms with Crippen LogP contribution in [0.5, 0.6) is 0 Å². The summed E-state index contributed by atoms with van der Waals surface area (Å²) in [7, 11) is 0. The molecule has 0 spiro atoms. The monoisotopic (exact) mass is 270 g/mol. The molecule has 18 heavy (non-hydrogen) atoms. The van der Waals surface area contributed by atoms with Gasteiger partial charge in [0.05, 0.1) is 0 Å². The van der Waals surface area contributed by atoms with E-state index in [0.29, 0.717) is 10.8 Å². The molecule has 0 atom stereocenters. The van der Waals surface area contributed by atoms with Crippen LogP contribution in [-0.4, -0.2) is 5.88 Å². The predicted molar refractivity (Wildman–Crippen MR) is 81.1 cm³/mol. The molecule has 0 amide bonds. The van der Waals surface area contributed by atoms with E-state index in [-0.39, 0.29) is 0 Å². The van der Waals surface area contributed by atoms with Gasteiger partial charge in [0.2, 0.25) is 0 Å². The molecular formula is C17H31Cl. The summed E-state index contributed by atoms with van der Waals surface area (Å²) >= 11 is 6.38. The van der Waals surface area contributed by atoms with Crippen molar-refractivity contribution >= 4 is 11.6 Å². The molecule has 1 heteroatoms. The van der Waals surface area contributed by atoms with Crippen LogP contribution < -0.4 is 0 Å². The standard InChI is InChI=1S/C17H31Cl/c1-16(2,3)15-8-10-17(13-18,11-9-15)12-14-6-4-5-7-14/h14-15H,4-13H2,1-3H3. The SMILES string of the molecule is CC(C)(C)C1CCC(CCl)(CC2CCCC2)CC1. The normalized spacial score (nSPS) is 35.0. The summed E-state index contributed by atoms with van der Waals surface area (Å²) in [6, 6.07) is 0. The van der Waals surface area contributed by atoms with E-state index in [2.05, 4.69) is 20.8 Å². The van der Waals surface area contributed by atoms with Gasteiger partial charge < -0.3 is 0 Å². The van der Waals surface area contributed by atoms with Crippen molar-refractivity contribution in [1.29, 1.82) is 0 Å². The molecule has 0 aromatic heterocycles. The molecule has 0 N–H and O–H groups in total. The maximum Gasteiger partial charge on any atom is 0.0280 e. The summed E-state index contributed by atoms with van der Waals surface area (Å²) in [6.07, 6.45) is 12.9. The van der Waals surface area contributed by atoms with E-state index in [0.717, 1.165) is 17.7 Å². The second-order valence-electron chi connectivity index (χ2n) is 8.13. The number of hydrogen-bond donors (Lipinski definition) is 0. The molecule has 0 aromatic rings. The number of halogens is 1. The minimum Gasteiger partial charge on any atom is -0.126 e. The first-order valence-corrected chi connectivity index (χ1v) is 8.55. The molecule has 0 heterocycles. The van der Waals surface area contributed by atoms with Crippen LogP contribution >= 0.6 is 11.6 Å². The Morgan fingerprint density at radius 2 is 1.56 bits per heavy atom. The van der Waals surface area contributed by atoms with E-state index in [1.807, 2.05) is 0 Å². The van der Waals surface area contributed by atoms with E-state index >= 15 is 0 Å². The molecule has 2 aliphatic carbocycles. The Labute approximate surface area is 119 Å². The van der Waals surface area contributed by atoms with Gasteiger partial charge in [-0.2, -0.15) is 0 Å². The van der Waals surface area contributed by atoms with Crippen LogP contribution in [0.2, 0.25) is 0 Å². The molecule has 0 bridgehead atoms. The number of alkyl halides is 1. The van der Waals surface area contributed by atoms with Gasteiger partial charge >= 0.3 is 0 Å². The first-order chi connectivity index (χ1) is 8.45. The fraction of sp³-hybridized carbons (Fsp3) is 1.00. The van der Waals surface area contributed by atoms with Gasteiger partial charge in [0.25, 0.3) is 0 Å². The van der Waals surface area contributed by atoms with Crippen LogP contribution in [0.25, 0.3) is 0 Å². The van der Waals surface area contributed by atoms with Gasteiger partial charge in [-0.3, -0.25) is 0 Å². The first kappa shape index (κ1) is 14.7. The highest BCUT2D eigenvalue weighted by Gasteiger charge is 2.39. The minimum absolute atomic E-state index is 0.492. The lowest BCUT2D eigenvalue weighted by Gasteiger charge is -2.44. The second-order valence-corrected chi connectivity index (χ2v) is 8.40. The van der Waals surface area contributed by atoms with Gasteiger partial charge in [-0.05, 0) is 54.8 Å². The van der Waals surface area contributed by atoms with Gasteiger partial charge in [-0.15, -0.1) is 11.6 Å². The molecule has 2 saturated carbocycles. The van der Waals surface area contributed by atoms with Gasteiger partial charge in [0.1, 0.15) is 0 Å². The van der Waals surface area contributed by atoms with E-state index in [9.17, 15) is 0 Å². The Hall–Kier alpha value is 0.290. The topological polar surface area (TPSA) is 0 Å². The molecular weight excluding hydrogens is 240 g/mol. The van der Waals surface area contributed by atoms with Crippen molar-refractivity contribution in [2.75, 3.05) is 5.88 Å². The lowest BCUT2D eigenvalue weighted by atomic mass is 9.62. The summed E-state index contributed by atoms with van der Waals surface area (Å²) in [6.45, 7) is 7.22. The Balaban J connectivity index is 1.90. The van der Waals surface area contributed by atoms with Crippen LogP contribution in [0.3, 0.4) is 0 Å². The van der Waals surface area contributed by atoms with Crippen LogP contribution in [0.1, 0.15) is 78.6 Å². The Morgan fingerprint density at radius 3 is 2.00 bits per heavy atom. The predicted octanol–water partition coefficient (Wildman–Crippen LogP) is 6.03. The molecule has 2 aliphatic rings. The average molecular weight is 271 g/mol. The molecule has 0 aromatic carbocycles. The van der Waals surface area contributed by atoms with Crippen molar-refractivity contribution in [2.45, 2.75) is 78.6 Å². The third kappa shape index (κ3) is 3.44. The highest BCUT2D eigenvalue weighted by Crippen LogP contribution is 2.50. The van der Waals surface area contributed by atoms with E-state index < -0.39 is 0 Å². The highest BCUT2D eigenvalue weighted by molar-refractivity contribution is 6.18. The average Bonchev–Trinajstić information content (AvgIpc) is 2.81. The maximum atomic E-state index is 6.38. The quantitative estimate of drug-likeness (QED) is 0.550. The Kier molecular flexibility index (Phi) is 4.68. The third-order valence-corrected chi connectivity index (χ3v) is 6.32.